The zero-order valence-electron chi connectivity index (χ0n) is 15.6. The summed E-state index contributed by atoms with van der Waals surface area (Å²) in [6.07, 6.45) is 3.27. The van der Waals surface area contributed by atoms with Crippen molar-refractivity contribution in [1.29, 1.82) is 0 Å². The second kappa shape index (κ2) is 8.46. The summed E-state index contributed by atoms with van der Waals surface area (Å²) in [4.78, 5) is 15.0. The van der Waals surface area contributed by atoms with Crippen LogP contribution in [-0.2, 0) is 17.9 Å². The summed E-state index contributed by atoms with van der Waals surface area (Å²) in [7, 11) is 0. The molecule has 1 aliphatic rings. The van der Waals surface area contributed by atoms with Crippen LogP contribution in [0.3, 0.4) is 0 Å². The average Bonchev–Trinajstić information content (AvgIpc) is 3.41. The number of benzene rings is 1. The van der Waals surface area contributed by atoms with Crippen LogP contribution in [0.15, 0.2) is 63.6 Å². The average molecular weight is 380 g/mol. The predicted molar refractivity (Wildman–Crippen MR) is 105 cm³/mol. The zero-order valence-corrected chi connectivity index (χ0v) is 15.6. The summed E-state index contributed by atoms with van der Waals surface area (Å²) in [5.74, 6) is 2.29. The second-order valence-electron chi connectivity index (χ2n) is 7.12. The summed E-state index contributed by atoms with van der Waals surface area (Å²) < 4.78 is 11.0. The molecule has 4 rings (SSSR count). The Labute approximate surface area is 163 Å². The van der Waals surface area contributed by atoms with E-state index in [9.17, 15) is 4.79 Å². The fourth-order valence-corrected chi connectivity index (χ4v) is 3.60. The Kier molecular flexibility index (Phi) is 5.60. The molecule has 0 spiro atoms. The fourth-order valence-electron chi connectivity index (χ4n) is 3.60. The molecule has 1 fully saturated rings. The molecule has 0 saturated carbocycles. The molecule has 1 saturated heterocycles. The molecule has 146 valence electrons. The molecule has 0 atom stereocenters. The van der Waals surface area contributed by atoms with E-state index in [0.717, 1.165) is 48.7 Å². The van der Waals surface area contributed by atoms with Gasteiger partial charge in [-0.1, -0.05) is 12.1 Å². The summed E-state index contributed by atoms with van der Waals surface area (Å²) >= 11 is 0. The normalized spacial score (nSPS) is 15.6. The Morgan fingerprint density at radius 1 is 1.11 bits per heavy atom. The Bertz CT molecular complexity index is 908. The van der Waals surface area contributed by atoms with Gasteiger partial charge in [0.15, 0.2) is 0 Å². The van der Waals surface area contributed by atoms with Crippen LogP contribution in [0.25, 0.3) is 11.3 Å². The highest BCUT2D eigenvalue weighted by Gasteiger charge is 2.25. The SMILES string of the molecule is O=C(Nc1cccc(-c2ccco2)c1)C1CCN(Cc2ccc(CO)o2)CC1. The molecule has 2 N–H and O–H groups in total. The quantitative estimate of drug-likeness (QED) is 0.678. The van der Waals surface area contributed by atoms with Gasteiger partial charge < -0.3 is 19.3 Å². The van der Waals surface area contributed by atoms with Crippen molar-refractivity contribution in [2.24, 2.45) is 5.92 Å². The minimum atomic E-state index is -0.0800. The smallest absolute Gasteiger partial charge is 0.227 e. The largest absolute Gasteiger partial charge is 0.464 e. The Morgan fingerprint density at radius 2 is 1.93 bits per heavy atom. The first-order valence-electron chi connectivity index (χ1n) is 9.57. The predicted octanol–water partition coefficient (Wildman–Crippen LogP) is 3.88. The Morgan fingerprint density at radius 3 is 2.64 bits per heavy atom. The Hall–Kier alpha value is -2.83. The maximum Gasteiger partial charge on any atom is 0.227 e. The molecular formula is C22H24N2O4. The highest BCUT2D eigenvalue weighted by atomic mass is 16.4. The van der Waals surface area contributed by atoms with Crippen molar-refractivity contribution in [1.82, 2.24) is 4.90 Å². The van der Waals surface area contributed by atoms with Crippen LogP contribution >= 0.6 is 0 Å². The molecule has 6 nitrogen and oxygen atoms in total. The zero-order chi connectivity index (χ0) is 19.3. The summed E-state index contributed by atoms with van der Waals surface area (Å²) in [5.41, 5.74) is 1.73. The van der Waals surface area contributed by atoms with E-state index < -0.39 is 0 Å². The topological polar surface area (TPSA) is 78.9 Å². The highest BCUT2D eigenvalue weighted by molar-refractivity contribution is 5.93. The van der Waals surface area contributed by atoms with Gasteiger partial charge in [0.1, 0.15) is 23.9 Å². The molecule has 1 aliphatic heterocycles. The molecule has 0 radical (unpaired) electrons. The number of carbonyl (C=O) groups is 1. The van der Waals surface area contributed by atoms with Crippen LogP contribution in [-0.4, -0.2) is 29.0 Å². The fraction of sp³-hybridized carbons (Fsp3) is 0.318. The minimum Gasteiger partial charge on any atom is -0.464 e. The van der Waals surface area contributed by atoms with Crippen LogP contribution < -0.4 is 5.32 Å². The molecule has 0 bridgehead atoms. The van der Waals surface area contributed by atoms with E-state index in [2.05, 4.69) is 10.2 Å². The number of piperidine rings is 1. The number of carbonyl (C=O) groups excluding carboxylic acids is 1. The number of hydrogen-bond donors (Lipinski definition) is 2. The van der Waals surface area contributed by atoms with Crippen LogP contribution in [0.5, 0.6) is 0 Å². The van der Waals surface area contributed by atoms with Gasteiger partial charge in [-0.05, 0) is 62.3 Å². The highest BCUT2D eigenvalue weighted by Crippen LogP contribution is 2.25. The lowest BCUT2D eigenvalue weighted by Crippen LogP contribution is -2.37. The van der Waals surface area contributed by atoms with Gasteiger partial charge in [-0.3, -0.25) is 9.69 Å². The summed E-state index contributed by atoms with van der Waals surface area (Å²) in [6, 6.07) is 15.2. The number of hydrogen-bond acceptors (Lipinski definition) is 5. The number of aliphatic hydroxyl groups excluding tert-OH is 1. The number of rotatable bonds is 6. The Balaban J connectivity index is 1.30. The van der Waals surface area contributed by atoms with Gasteiger partial charge in [0.25, 0.3) is 0 Å². The van der Waals surface area contributed by atoms with Gasteiger partial charge in [-0.15, -0.1) is 0 Å². The monoisotopic (exact) mass is 380 g/mol. The van der Waals surface area contributed by atoms with E-state index in [0.29, 0.717) is 12.3 Å². The third-order valence-corrected chi connectivity index (χ3v) is 5.15. The molecule has 1 aromatic carbocycles. The number of likely N-dealkylation sites (tertiary alicyclic amines) is 1. The van der Waals surface area contributed by atoms with E-state index in [1.807, 2.05) is 42.5 Å². The number of anilines is 1. The molecule has 1 amide bonds. The maximum atomic E-state index is 12.7. The number of aliphatic hydroxyl groups is 1. The van der Waals surface area contributed by atoms with Gasteiger partial charge in [0.05, 0.1) is 12.8 Å². The van der Waals surface area contributed by atoms with Crippen LogP contribution in [0.4, 0.5) is 5.69 Å². The molecule has 3 aromatic rings. The van der Waals surface area contributed by atoms with Crippen molar-refractivity contribution in [2.75, 3.05) is 18.4 Å². The van der Waals surface area contributed by atoms with E-state index in [-0.39, 0.29) is 18.4 Å². The number of furan rings is 2. The van der Waals surface area contributed by atoms with Crippen molar-refractivity contribution >= 4 is 11.6 Å². The first kappa shape index (κ1) is 18.5. The number of amides is 1. The molecule has 6 heteroatoms. The standard InChI is InChI=1S/C22H24N2O4/c25-15-20-7-6-19(28-20)14-24-10-8-16(9-11-24)22(26)23-18-4-1-3-17(13-18)21-5-2-12-27-21/h1-7,12-13,16,25H,8-11,14-15H2,(H,23,26). The number of nitrogens with zero attached hydrogens (tertiary/aromatic N) is 1. The number of nitrogens with one attached hydrogen (secondary N) is 1. The van der Waals surface area contributed by atoms with Gasteiger partial charge in [0, 0.05) is 17.2 Å². The molecule has 0 unspecified atom stereocenters. The van der Waals surface area contributed by atoms with E-state index in [4.69, 9.17) is 13.9 Å². The summed E-state index contributed by atoms with van der Waals surface area (Å²) in [6.45, 7) is 2.32. The lowest BCUT2D eigenvalue weighted by atomic mass is 9.95. The van der Waals surface area contributed by atoms with Crippen LogP contribution in [0.1, 0.15) is 24.4 Å². The van der Waals surface area contributed by atoms with Crippen molar-refractivity contribution in [2.45, 2.75) is 26.0 Å². The van der Waals surface area contributed by atoms with Gasteiger partial charge >= 0.3 is 0 Å². The van der Waals surface area contributed by atoms with Crippen molar-refractivity contribution in [3.8, 4) is 11.3 Å². The molecule has 28 heavy (non-hydrogen) atoms. The van der Waals surface area contributed by atoms with Crippen LogP contribution in [0.2, 0.25) is 0 Å². The van der Waals surface area contributed by atoms with Crippen molar-refractivity contribution in [3.63, 3.8) is 0 Å². The lowest BCUT2D eigenvalue weighted by Gasteiger charge is -2.30. The van der Waals surface area contributed by atoms with E-state index in [1.165, 1.54) is 0 Å². The van der Waals surface area contributed by atoms with Crippen molar-refractivity contribution < 1.29 is 18.7 Å². The maximum absolute atomic E-state index is 12.7. The summed E-state index contributed by atoms with van der Waals surface area (Å²) in [5, 5.41) is 12.1. The van der Waals surface area contributed by atoms with Crippen molar-refractivity contribution in [3.05, 3.63) is 66.3 Å². The first-order chi connectivity index (χ1) is 13.7. The van der Waals surface area contributed by atoms with Gasteiger partial charge in [0.2, 0.25) is 5.91 Å². The molecular weight excluding hydrogens is 356 g/mol. The van der Waals surface area contributed by atoms with Gasteiger partial charge in [-0.2, -0.15) is 0 Å². The lowest BCUT2D eigenvalue weighted by molar-refractivity contribution is -0.121. The van der Waals surface area contributed by atoms with E-state index >= 15 is 0 Å². The minimum absolute atomic E-state index is 0.00752. The molecule has 0 aliphatic carbocycles. The molecule has 2 aromatic heterocycles. The van der Waals surface area contributed by atoms with Gasteiger partial charge in [-0.25, -0.2) is 0 Å². The second-order valence-corrected chi connectivity index (χ2v) is 7.12. The van der Waals surface area contributed by atoms with Crippen LogP contribution in [0, 0.1) is 5.92 Å². The molecule has 3 heterocycles. The third kappa shape index (κ3) is 4.35. The first-order valence-corrected chi connectivity index (χ1v) is 9.57. The third-order valence-electron chi connectivity index (χ3n) is 5.15. The van der Waals surface area contributed by atoms with E-state index in [1.54, 1.807) is 12.3 Å².